The number of halogens is 5. The minimum absolute atomic E-state index is 0.0877. The monoisotopic (exact) mass is 451 g/mol. The number of hydrogen-bond acceptors (Lipinski definition) is 3. The van der Waals surface area contributed by atoms with Gasteiger partial charge in [0.25, 0.3) is 5.91 Å². The van der Waals surface area contributed by atoms with E-state index in [0.717, 1.165) is 28.9 Å². The third kappa shape index (κ3) is 4.84. The molecule has 3 aromatic rings. The molecular formula is C22H18F5N3O2. The Labute approximate surface area is 179 Å². The first kappa shape index (κ1) is 23.1. The van der Waals surface area contributed by atoms with Crippen molar-refractivity contribution < 1.29 is 26.7 Å². The standard InChI is InChI=1S/C22H18F5N3O2/c1-12(10-14-16(23)7-5-8-17(14)24)28-21(32)20-19(31)11-13(2)30(29-20)18-9-4-3-6-15(18)22(25,26)27/h3-9,11-12H,10H2,1-2H3,(H,28,32). The van der Waals surface area contributed by atoms with E-state index in [1.54, 1.807) is 0 Å². The van der Waals surface area contributed by atoms with E-state index in [1.165, 1.54) is 38.1 Å². The van der Waals surface area contributed by atoms with Gasteiger partial charge in [-0.2, -0.15) is 18.3 Å². The average Bonchev–Trinajstić information content (AvgIpc) is 2.70. The molecule has 2 aromatic carbocycles. The van der Waals surface area contributed by atoms with Crippen LogP contribution in [-0.4, -0.2) is 21.7 Å². The molecule has 0 aliphatic heterocycles. The first-order valence-electron chi connectivity index (χ1n) is 9.50. The molecule has 0 aliphatic rings. The maximum atomic E-state index is 13.8. The highest BCUT2D eigenvalue weighted by atomic mass is 19.4. The second-order valence-electron chi connectivity index (χ2n) is 7.20. The Balaban J connectivity index is 1.93. The molecule has 1 aromatic heterocycles. The number of amides is 1. The number of nitrogens with zero attached hydrogens (tertiary/aromatic N) is 2. The number of benzene rings is 2. The molecule has 0 spiro atoms. The van der Waals surface area contributed by atoms with Gasteiger partial charge in [-0.1, -0.05) is 18.2 Å². The van der Waals surface area contributed by atoms with E-state index in [-0.39, 0.29) is 23.4 Å². The fourth-order valence-corrected chi connectivity index (χ4v) is 3.22. The van der Waals surface area contributed by atoms with Gasteiger partial charge in [0.05, 0.1) is 11.3 Å². The average molecular weight is 451 g/mol. The molecule has 0 fully saturated rings. The van der Waals surface area contributed by atoms with Gasteiger partial charge in [-0.05, 0) is 44.5 Å². The van der Waals surface area contributed by atoms with Crippen LogP contribution in [0.1, 0.15) is 34.2 Å². The molecule has 1 heterocycles. The molecule has 0 aliphatic carbocycles. The van der Waals surface area contributed by atoms with Crippen molar-refractivity contribution >= 4 is 5.91 Å². The topological polar surface area (TPSA) is 64.0 Å². The van der Waals surface area contributed by atoms with Crippen molar-refractivity contribution in [2.75, 3.05) is 0 Å². The molecule has 10 heteroatoms. The summed E-state index contributed by atoms with van der Waals surface area (Å²) in [5.41, 5.74) is -2.95. The number of hydrogen-bond donors (Lipinski definition) is 1. The molecule has 5 nitrogen and oxygen atoms in total. The van der Waals surface area contributed by atoms with E-state index < -0.39 is 46.4 Å². The number of nitrogens with one attached hydrogen (secondary N) is 1. The fraction of sp³-hybridized carbons (Fsp3) is 0.227. The lowest BCUT2D eigenvalue weighted by Crippen LogP contribution is -2.38. The lowest BCUT2D eigenvalue weighted by atomic mass is 10.1. The number of para-hydroxylation sites is 1. The summed E-state index contributed by atoms with van der Waals surface area (Å²) in [5.74, 6) is -2.55. The van der Waals surface area contributed by atoms with Crippen LogP contribution in [0.15, 0.2) is 53.3 Å². The van der Waals surface area contributed by atoms with Crippen molar-refractivity contribution in [3.8, 4) is 5.69 Å². The van der Waals surface area contributed by atoms with Gasteiger partial charge < -0.3 is 5.32 Å². The molecule has 1 amide bonds. The van der Waals surface area contributed by atoms with Crippen LogP contribution in [-0.2, 0) is 12.6 Å². The molecule has 168 valence electrons. The van der Waals surface area contributed by atoms with Crippen molar-refractivity contribution in [1.29, 1.82) is 0 Å². The van der Waals surface area contributed by atoms with Crippen molar-refractivity contribution in [3.05, 3.63) is 92.9 Å². The highest BCUT2D eigenvalue weighted by Crippen LogP contribution is 2.33. The molecule has 0 saturated heterocycles. The van der Waals surface area contributed by atoms with Gasteiger partial charge in [-0.15, -0.1) is 0 Å². The van der Waals surface area contributed by atoms with Gasteiger partial charge in [0.15, 0.2) is 5.69 Å². The van der Waals surface area contributed by atoms with Gasteiger partial charge in [0.1, 0.15) is 11.6 Å². The molecule has 1 N–H and O–H groups in total. The summed E-state index contributed by atoms with van der Waals surface area (Å²) in [6, 6.07) is 8.16. The van der Waals surface area contributed by atoms with Crippen molar-refractivity contribution in [2.24, 2.45) is 0 Å². The minimum atomic E-state index is -4.69. The SMILES string of the molecule is Cc1cc(=O)c(C(=O)NC(C)Cc2c(F)cccc2F)nn1-c1ccccc1C(F)(F)F. The van der Waals surface area contributed by atoms with Crippen molar-refractivity contribution in [3.63, 3.8) is 0 Å². The van der Waals surface area contributed by atoms with Gasteiger partial charge in [-0.25, -0.2) is 13.5 Å². The Bertz CT molecular complexity index is 1200. The fourth-order valence-electron chi connectivity index (χ4n) is 3.22. The Morgan fingerprint density at radius 3 is 2.34 bits per heavy atom. The van der Waals surface area contributed by atoms with Crippen molar-refractivity contribution in [2.45, 2.75) is 32.5 Å². The zero-order valence-electron chi connectivity index (χ0n) is 17.0. The molecule has 1 atom stereocenters. The molecule has 0 radical (unpaired) electrons. The summed E-state index contributed by atoms with van der Waals surface area (Å²) >= 11 is 0. The number of aryl methyl sites for hydroxylation is 1. The van der Waals surface area contributed by atoms with E-state index in [2.05, 4.69) is 10.4 Å². The predicted octanol–water partition coefficient (Wildman–Crippen LogP) is 4.20. The van der Waals surface area contributed by atoms with Crippen LogP contribution in [0.3, 0.4) is 0 Å². The summed E-state index contributed by atoms with van der Waals surface area (Å²) in [6.07, 6.45) is -4.89. The lowest BCUT2D eigenvalue weighted by molar-refractivity contribution is -0.137. The molecule has 0 bridgehead atoms. The number of carbonyl (C=O) groups excluding carboxylic acids is 1. The zero-order valence-corrected chi connectivity index (χ0v) is 17.0. The highest BCUT2D eigenvalue weighted by Gasteiger charge is 2.34. The summed E-state index contributed by atoms with van der Waals surface area (Å²) in [4.78, 5) is 24.9. The predicted molar refractivity (Wildman–Crippen MR) is 107 cm³/mol. The van der Waals surface area contributed by atoms with Crippen LogP contribution >= 0.6 is 0 Å². The zero-order chi connectivity index (χ0) is 23.6. The first-order chi connectivity index (χ1) is 15.0. The maximum Gasteiger partial charge on any atom is 0.418 e. The quantitative estimate of drug-likeness (QED) is 0.592. The van der Waals surface area contributed by atoms with Crippen molar-refractivity contribution in [1.82, 2.24) is 15.1 Å². The Morgan fingerprint density at radius 2 is 1.72 bits per heavy atom. The van der Waals surface area contributed by atoms with Crippen LogP contribution in [0.25, 0.3) is 5.69 Å². The van der Waals surface area contributed by atoms with Crippen LogP contribution in [0, 0.1) is 18.6 Å². The van der Waals surface area contributed by atoms with Gasteiger partial charge in [0.2, 0.25) is 5.43 Å². The van der Waals surface area contributed by atoms with E-state index >= 15 is 0 Å². The van der Waals surface area contributed by atoms with Crippen LogP contribution < -0.4 is 10.7 Å². The largest absolute Gasteiger partial charge is 0.418 e. The number of alkyl halides is 3. The minimum Gasteiger partial charge on any atom is -0.348 e. The summed E-state index contributed by atoms with van der Waals surface area (Å²) in [5, 5.41) is 6.27. The summed E-state index contributed by atoms with van der Waals surface area (Å²) < 4.78 is 68.8. The number of carbonyl (C=O) groups is 1. The maximum absolute atomic E-state index is 13.8. The first-order valence-corrected chi connectivity index (χ1v) is 9.50. The summed E-state index contributed by atoms with van der Waals surface area (Å²) in [7, 11) is 0. The van der Waals surface area contributed by atoms with E-state index in [1.807, 2.05) is 0 Å². The highest BCUT2D eigenvalue weighted by molar-refractivity contribution is 5.92. The van der Waals surface area contributed by atoms with Gasteiger partial charge >= 0.3 is 6.18 Å². The third-order valence-corrected chi connectivity index (χ3v) is 4.71. The molecular weight excluding hydrogens is 433 g/mol. The molecule has 1 unspecified atom stereocenters. The smallest absolute Gasteiger partial charge is 0.348 e. The Hall–Kier alpha value is -3.56. The van der Waals surface area contributed by atoms with Crippen LogP contribution in [0.5, 0.6) is 0 Å². The number of aromatic nitrogens is 2. The van der Waals surface area contributed by atoms with Gasteiger partial charge in [-0.3, -0.25) is 9.59 Å². The van der Waals surface area contributed by atoms with E-state index in [9.17, 15) is 31.5 Å². The van der Waals surface area contributed by atoms with E-state index in [0.29, 0.717) is 0 Å². The molecule has 0 saturated carbocycles. The third-order valence-electron chi connectivity index (χ3n) is 4.71. The summed E-state index contributed by atoms with van der Waals surface area (Å²) in [6.45, 7) is 2.85. The normalized spacial score (nSPS) is 12.5. The van der Waals surface area contributed by atoms with Gasteiger partial charge in [0, 0.05) is 23.4 Å². The molecule has 3 rings (SSSR count). The Morgan fingerprint density at radius 1 is 1.09 bits per heavy atom. The van der Waals surface area contributed by atoms with E-state index in [4.69, 9.17) is 0 Å². The molecule has 32 heavy (non-hydrogen) atoms. The van der Waals surface area contributed by atoms with Crippen LogP contribution in [0.2, 0.25) is 0 Å². The second kappa shape index (κ2) is 8.89. The Kier molecular flexibility index (Phi) is 6.42. The number of rotatable bonds is 5. The van der Waals surface area contributed by atoms with Crippen LogP contribution in [0.4, 0.5) is 22.0 Å². The lowest BCUT2D eigenvalue weighted by Gasteiger charge is -2.18. The second-order valence-corrected chi connectivity index (χ2v) is 7.20.